The summed E-state index contributed by atoms with van der Waals surface area (Å²) in [4.78, 5) is 14.2. The number of hydrogen-bond donors (Lipinski definition) is 1. The second-order valence-electron chi connectivity index (χ2n) is 5.08. The second kappa shape index (κ2) is 5.95. The van der Waals surface area contributed by atoms with Gasteiger partial charge in [0.15, 0.2) is 0 Å². The van der Waals surface area contributed by atoms with Gasteiger partial charge in [-0.3, -0.25) is 4.79 Å². The van der Waals surface area contributed by atoms with Crippen molar-refractivity contribution in [2.45, 2.75) is 26.2 Å². The number of aromatic hydroxyl groups is 1. The molecule has 2 rings (SSSR count). The molecule has 1 aromatic rings. The molecule has 0 saturated carbocycles. The van der Waals surface area contributed by atoms with Gasteiger partial charge in [-0.1, -0.05) is 13.3 Å². The summed E-state index contributed by atoms with van der Waals surface area (Å²) >= 11 is 0. The van der Waals surface area contributed by atoms with Gasteiger partial charge in [-0.15, -0.1) is 0 Å². The monoisotopic (exact) mass is 263 g/mol. The Bertz CT molecular complexity index is 459. The van der Waals surface area contributed by atoms with E-state index in [-0.39, 0.29) is 11.7 Å². The SMILES string of the molecule is CCCC1CCN(C(=O)c2cc(OC)ccc2O)C1. The highest BCUT2D eigenvalue weighted by atomic mass is 16.5. The molecule has 4 heteroatoms. The van der Waals surface area contributed by atoms with Crippen molar-refractivity contribution in [1.29, 1.82) is 0 Å². The molecule has 0 bridgehead atoms. The van der Waals surface area contributed by atoms with Crippen LogP contribution in [0.15, 0.2) is 18.2 Å². The Balaban J connectivity index is 2.12. The number of hydrogen-bond acceptors (Lipinski definition) is 3. The molecule has 1 heterocycles. The number of nitrogens with zero attached hydrogens (tertiary/aromatic N) is 1. The number of ether oxygens (including phenoxy) is 1. The molecule has 1 aliphatic rings. The Labute approximate surface area is 114 Å². The van der Waals surface area contributed by atoms with E-state index in [1.54, 1.807) is 19.2 Å². The number of likely N-dealkylation sites (tertiary alicyclic amines) is 1. The minimum atomic E-state index is -0.102. The summed E-state index contributed by atoms with van der Waals surface area (Å²) in [5.41, 5.74) is 0.330. The maximum atomic E-state index is 12.4. The van der Waals surface area contributed by atoms with Crippen molar-refractivity contribution in [1.82, 2.24) is 4.90 Å². The molecule has 1 amide bonds. The predicted molar refractivity (Wildman–Crippen MR) is 73.6 cm³/mol. The third kappa shape index (κ3) is 3.00. The van der Waals surface area contributed by atoms with Crippen LogP contribution in [0.1, 0.15) is 36.5 Å². The molecule has 19 heavy (non-hydrogen) atoms. The first-order valence-corrected chi connectivity index (χ1v) is 6.82. The van der Waals surface area contributed by atoms with E-state index in [0.29, 0.717) is 17.2 Å². The number of methoxy groups -OCH3 is 1. The van der Waals surface area contributed by atoms with Crippen molar-refractivity contribution in [2.75, 3.05) is 20.2 Å². The van der Waals surface area contributed by atoms with Gasteiger partial charge in [0.1, 0.15) is 11.5 Å². The fraction of sp³-hybridized carbons (Fsp3) is 0.533. The van der Waals surface area contributed by atoms with Crippen LogP contribution >= 0.6 is 0 Å². The van der Waals surface area contributed by atoms with E-state index in [2.05, 4.69) is 6.92 Å². The molecule has 0 radical (unpaired) electrons. The zero-order valence-electron chi connectivity index (χ0n) is 11.6. The standard InChI is InChI=1S/C15H21NO3/c1-3-4-11-7-8-16(10-11)15(18)13-9-12(19-2)5-6-14(13)17/h5-6,9,11,17H,3-4,7-8,10H2,1-2H3. The first kappa shape index (κ1) is 13.7. The summed E-state index contributed by atoms with van der Waals surface area (Å²) in [5.74, 6) is 1.10. The Kier molecular flexibility index (Phi) is 4.30. The van der Waals surface area contributed by atoms with Crippen LogP contribution in [0.3, 0.4) is 0 Å². The molecule has 1 fully saturated rings. The van der Waals surface area contributed by atoms with E-state index in [1.165, 1.54) is 6.07 Å². The number of carbonyl (C=O) groups is 1. The molecule has 0 spiro atoms. The largest absolute Gasteiger partial charge is 0.507 e. The second-order valence-corrected chi connectivity index (χ2v) is 5.08. The lowest BCUT2D eigenvalue weighted by atomic mass is 10.0. The molecule has 1 N–H and O–H groups in total. The molecule has 4 nitrogen and oxygen atoms in total. The van der Waals surface area contributed by atoms with Crippen LogP contribution in [0.25, 0.3) is 0 Å². The molecule has 1 aliphatic heterocycles. The fourth-order valence-electron chi connectivity index (χ4n) is 2.64. The minimum absolute atomic E-state index is 0.0183. The molecule has 0 aliphatic carbocycles. The van der Waals surface area contributed by atoms with Crippen LogP contribution in [-0.4, -0.2) is 36.1 Å². The number of phenols is 1. The van der Waals surface area contributed by atoms with Crippen LogP contribution in [0, 0.1) is 5.92 Å². The molecule has 1 aromatic carbocycles. The highest BCUT2D eigenvalue weighted by Crippen LogP contribution is 2.27. The van der Waals surface area contributed by atoms with Gasteiger partial charge in [0.2, 0.25) is 0 Å². The molecule has 0 aromatic heterocycles. The summed E-state index contributed by atoms with van der Waals surface area (Å²) in [6.07, 6.45) is 3.37. The third-order valence-electron chi connectivity index (χ3n) is 3.70. The van der Waals surface area contributed by atoms with Crippen LogP contribution in [0.2, 0.25) is 0 Å². The molecular weight excluding hydrogens is 242 g/mol. The zero-order valence-corrected chi connectivity index (χ0v) is 11.6. The van der Waals surface area contributed by atoms with Crippen LogP contribution < -0.4 is 4.74 Å². The Hall–Kier alpha value is -1.71. The van der Waals surface area contributed by atoms with E-state index in [1.807, 2.05) is 4.90 Å². The van der Waals surface area contributed by atoms with Crippen LogP contribution in [0.4, 0.5) is 0 Å². The van der Waals surface area contributed by atoms with Gasteiger partial charge in [0, 0.05) is 13.1 Å². The van der Waals surface area contributed by atoms with E-state index in [0.717, 1.165) is 32.4 Å². The first-order valence-electron chi connectivity index (χ1n) is 6.82. The Morgan fingerprint density at radius 3 is 3.00 bits per heavy atom. The molecule has 1 saturated heterocycles. The van der Waals surface area contributed by atoms with E-state index in [4.69, 9.17) is 4.74 Å². The quantitative estimate of drug-likeness (QED) is 0.908. The Morgan fingerprint density at radius 1 is 1.53 bits per heavy atom. The minimum Gasteiger partial charge on any atom is -0.507 e. The molecule has 104 valence electrons. The van der Waals surface area contributed by atoms with Gasteiger partial charge in [-0.05, 0) is 37.0 Å². The smallest absolute Gasteiger partial charge is 0.257 e. The molecule has 1 unspecified atom stereocenters. The lowest BCUT2D eigenvalue weighted by Gasteiger charge is -2.17. The molecular formula is C15H21NO3. The van der Waals surface area contributed by atoms with Crippen molar-refractivity contribution in [2.24, 2.45) is 5.92 Å². The van der Waals surface area contributed by atoms with Crippen molar-refractivity contribution in [3.8, 4) is 11.5 Å². The summed E-state index contributed by atoms with van der Waals surface area (Å²) in [7, 11) is 1.55. The fourth-order valence-corrected chi connectivity index (χ4v) is 2.64. The van der Waals surface area contributed by atoms with Gasteiger partial charge < -0.3 is 14.7 Å². The zero-order chi connectivity index (χ0) is 13.8. The molecule has 1 atom stereocenters. The van der Waals surface area contributed by atoms with E-state index >= 15 is 0 Å². The number of phenolic OH excluding ortho intramolecular Hbond substituents is 1. The number of benzene rings is 1. The topological polar surface area (TPSA) is 49.8 Å². The van der Waals surface area contributed by atoms with Gasteiger partial charge >= 0.3 is 0 Å². The number of rotatable bonds is 4. The average molecular weight is 263 g/mol. The summed E-state index contributed by atoms with van der Waals surface area (Å²) in [5, 5.41) is 9.83. The third-order valence-corrected chi connectivity index (χ3v) is 3.70. The Morgan fingerprint density at radius 2 is 2.32 bits per heavy atom. The van der Waals surface area contributed by atoms with E-state index < -0.39 is 0 Å². The van der Waals surface area contributed by atoms with Gasteiger partial charge in [-0.25, -0.2) is 0 Å². The average Bonchev–Trinajstić information content (AvgIpc) is 2.88. The van der Waals surface area contributed by atoms with Crippen molar-refractivity contribution in [3.63, 3.8) is 0 Å². The van der Waals surface area contributed by atoms with Gasteiger partial charge in [0.25, 0.3) is 5.91 Å². The first-order chi connectivity index (χ1) is 9.15. The lowest BCUT2D eigenvalue weighted by molar-refractivity contribution is 0.0783. The van der Waals surface area contributed by atoms with Gasteiger partial charge in [0.05, 0.1) is 12.7 Å². The van der Waals surface area contributed by atoms with Crippen LogP contribution in [0.5, 0.6) is 11.5 Å². The van der Waals surface area contributed by atoms with Crippen molar-refractivity contribution < 1.29 is 14.6 Å². The van der Waals surface area contributed by atoms with Crippen LogP contribution in [-0.2, 0) is 0 Å². The highest BCUT2D eigenvalue weighted by molar-refractivity contribution is 5.97. The van der Waals surface area contributed by atoms with Crippen molar-refractivity contribution >= 4 is 5.91 Å². The van der Waals surface area contributed by atoms with E-state index in [9.17, 15) is 9.90 Å². The number of amides is 1. The summed E-state index contributed by atoms with van der Waals surface area (Å²) in [6.45, 7) is 3.74. The number of carbonyl (C=O) groups excluding carboxylic acids is 1. The maximum Gasteiger partial charge on any atom is 0.257 e. The normalized spacial score (nSPS) is 18.6. The van der Waals surface area contributed by atoms with Gasteiger partial charge in [-0.2, -0.15) is 0 Å². The summed E-state index contributed by atoms with van der Waals surface area (Å²) in [6, 6.07) is 4.76. The van der Waals surface area contributed by atoms with Crippen molar-refractivity contribution in [3.05, 3.63) is 23.8 Å². The predicted octanol–water partition coefficient (Wildman–Crippen LogP) is 2.66. The summed E-state index contributed by atoms with van der Waals surface area (Å²) < 4.78 is 5.10. The highest BCUT2D eigenvalue weighted by Gasteiger charge is 2.27. The maximum absolute atomic E-state index is 12.4. The lowest BCUT2D eigenvalue weighted by Crippen LogP contribution is -2.28.